The maximum atomic E-state index is 14.1. The van der Waals surface area contributed by atoms with Gasteiger partial charge in [0.05, 0.1) is 17.7 Å². The second kappa shape index (κ2) is 14.0. The second-order valence-electron chi connectivity index (χ2n) is 9.69. The number of methoxy groups -OCH3 is 1. The minimum absolute atomic E-state index is 0.0694. The van der Waals surface area contributed by atoms with Crippen LogP contribution in [-0.4, -0.2) is 51.4 Å². The molecule has 0 bridgehead atoms. The lowest BCUT2D eigenvalue weighted by molar-refractivity contribution is -0.140. The molecule has 3 aromatic carbocycles. The molecular formula is C31H39N3O5S. The van der Waals surface area contributed by atoms with Crippen LogP contribution in [0.15, 0.2) is 77.7 Å². The SMILES string of the molecule is CCCNC(=O)[C@H](CC)N(Cc1ccccc1C)C(=O)CN(c1ccc(OC)cc1)S(=O)(=O)c1ccc(C)cc1. The van der Waals surface area contributed by atoms with Gasteiger partial charge in [-0.1, -0.05) is 55.8 Å². The summed E-state index contributed by atoms with van der Waals surface area (Å²) in [5.41, 5.74) is 3.09. The Hall–Kier alpha value is -3.85. The van der Waals surface area contributed by atoms with Crippen LogP contribution in [0.5, 0.6) is 5.75 Å². The molecule has 9 heteroatoms. The Morgan fingerprint density at radius 3 is 2.15 bits per heavy atom. The first-order valence-electron chi connectivity index (χ1n) is 13.5. The number of ether oxygens (including phenoxy) is 1. The Bertz CT molecular complexity index is 1390. The minimum Gasteiger partial charge on any atom is -0.497 e. The van der Waals surface area contributed by atoms with Gasteiger partial charge >= 0.3 is 0 Å². The number of carbonyl (C=O) groups is 2. The van der Waals surface area contributed by atoms with E-state index in [1.807, 2.05) is 52.0 Å². The van der Waals surface area contributed by atoms with E-state index >= 15 is 0 Å². The van der Waals surface area contributed by atoms with E-state index in [2.05, 4.69) is 5.32 Å². The van der Waals surface area contributed by atoms with Crippen molar-refractivity contribution in [2.45, 2.75) is 58.0 Å². The van der Waals surface area contributed by atoms with E-state index in [1.54, 1.807) is 36.4 Å². The fourth-order valence-electron chi connectivity index (χ4n) is 4.37. The van der Waals surface area contributed by atoms with E-state index in [1.165, 1.54) is 24.1 Å². The van der Waals surface area contributed by atoms with Crippen LogP contribution < -0.4 is 14.4 Å². The fraction of sp³-hybridized carbons (Fsp3) is 0.355. The topological polar surface area (TPSA) is 96.0 Å². The molecule has 3 aromatic rings. The van der Waals surface area contributed by atoms with E-state index < -0.39 is 28.5 Å². The summed E-state index contributed by atoms with van der Waals surface area (Å²) in [6.45, 7) is 7.80. The van der Waals surface area contributed by atoms with Crippen LogP contribution in [0.3, 0.4) is 0 Å². The van der Waals surface area contributed by atoms with Gasteiger partial charge in [-0.05, 0) is 74.2 Å². The monoisotopic (exact) mass is 565 g/mol. The zero-order valence-electron chi connectivity index (χ0n) is 23.9. The highest BCUT2D eigenvalue weighted by molar-refractivity contribution is 7.92. The molecule has 2 amide bonds. The van der Waals surface area contributed by atoms with Crippen LogP contribution in [-0.2, 0) is 26.2 Å². The number of hydrogen-bond donors (Lipinski definition) is 1. The molecule has 0 aliphatic rings. The molecule has 0 aliphatic heterocycles. The summed E-state index contributed by atoms with van der Waals surface area (Å²) >= 11 is 0. The van der Waals surface area contributed by atoms with Crippen molar-refractivity contribution in [3.05, 3.63) is 89.5 Å². The molecular weight excluding hydrogens is 526 g/mol. The van der Waals surface area contributed by atoms with Gasteiger partial charge in [0.15, 0.2) is 0 Å². The molecule has 1 N–H and O–H groups in total. The van der Waals surface area contributed by atoms with Gasteiger partial charge in [0.2, 0.25) is 11.8 Å². The van der Waals surface area contributed by atoms with Gasteiger partial charge < -0.3 is 15.0 Å². The van der Waals surface area contributed by atoms with Crippen molar-refractivity contribution < 1.29 is 22.7 Å². The highest BCUT2D eigenvalue weighted by Crippen LogP contribution is 2.27. The maximum absolute atomic E-state index is 14.1. The quantitative estimate of drug-likeness (QED) is 0.320. The van der Waals surface area contributed by atoms with E-state index in [4.69, 9.17) is 4.74 Å². The van der Waals surface area contributed by atoms with Crippen molar-refractivity contribution in [3.8, 4) is 5.75 Å². The molecule has 214 valence electrons. The average molecular weight is 566 g/mol. The molecule has 0 saturated heterocycles. The van der Waals surface area contributed by atoms with Crippen molar-refractivity contribution in [1.29, 1.82) is 0 Å². The van der Waals surface area contributed by atoms with E-state index in [0.29, 0.717) is 24.4 Å². The lowest BCUT2D eigenvalue weighted by Gasteiger charge is -2.33. The molecule has 40 heavy (non-hydrogen) atoms. The summed E-state index contributed by atoms with van der Waals surface area (Å²) in [7, 11) is -2.60. The summed E-state index contributed by atoms with van der Waals surface area (Å²) < 4.78 is 34.2. The fourth-order valence-corrected chi connectivity index (χ4v) is 5.79. The van der Waals surface area contributed by atoms with Gasteiger partial charge in [-0.25, -0.2) is 8.42 Å². The first-order valence-corrected chi connectivity index (χ1v) is 14.9. The summed E-state index contributed by atoms with van der Waals surface area (Å²) in [5, 5.41) is 2.90. The lowest BCUT2D eigenvalue weighted by Crippen LogP contribution is -2.52. The van der Waals surface area contributed by atoms with Crippen LogP contribution >= 0.6 is 0 Å². The molecule has 8 nitrogen and oxygen atoms in total. The molecule has 0 fully saturated rings. The highest BCUT2D eigenvalue weighted by Gasteiger charge is 2.33. The molecule has 0 heterocycles. The van der Waals surface area contributed by atoms with Gasteiger partial charge in [0, 0.05) is 13.1 Å². The van der Waals surface area contributed by atoms with Crippen LogP contribution in [0.4, 0.5) is 5.69 Å². The van der Waals surface area contributed by atoms with Gasteiger partial charge in [0.25, 0.3) is 10.0 Å². The number of nitrogens with one attached hydrogen (secondary N) is 1. The zero-order valence-corrected chi connectivity index (χ0v) is 24.7. The van der Waals surface area contributed by atoms with E-state index in [-0.39, 0.29) is 17.3 Å². The molecule has 1 atom stereocenters. The third-order valence-electron chi connectivity index (χ3n) is 6.79. The van der Waals surface area contributed by atoms with Gasteiger partial charge in [-0.3, -0.25) is 13.9 Å². The second-order valence-corrected chi connectivity index (χ2v) is 11.5. The summed E-state index contributed by atoms with van der Waals surface area (Å²) in [6.07, 6.45) is 1.13. The number of nitrogens with zero attached hydrogens (tertiary/aromatic N) is 2. The van der Waals surface area contributed by atoms with Crippen molar-refractivity contribution >= 4 is 27.5 Å². The third kappa shape index (κ3) is 7.41. The van der Waals surface area contributed by atoms with Crippen molar-refractivity contribution in [3.63, 3.8) is 0 Å². The first kappa shape index (κ1) is 30.7. The number of sulfonamides is 1. The van der Waals surface area contributed by atoms with Crippen molar-refractivity contribution in [1.82, 2.24) is 10.2 Å². The number of anilines is 1. The summed E-state index contributed by atoms with van der Waals surface area (Å²) in [6, 6.07) is 19.9. The molecule has 0 unspecified atom stereocenters. The lowest BCUT2D eigenvalue weighted by atomic mass is 10.1. The summed E-state index contributed by atoms with van der Waals surface area (Å²) in [4.78, 5) is 28.8. The zero-order chi connectivity index (χ0) is 29.3. The third-order valence-corrected chi connectivity index (χ3v) is 8.57. The largest absolute Gasteiger partial charge is 0.497 e. The Morgan fingerprint density at radius 2 is 1.57 bits per heavy atom. The maximum Gasteiger partial charge on any atom is 0.264 e. The Labute approximate surface area is 238 Å². The molecule has 0 aliphatic carbocycles. The smallest absolute Gasteiger partial charge is 0.264 e. The van der Waals surface area contributed by atoms with E-state index in [9.17, 15) is 18.0 Å². The van der Waals surface area contributed by atoms with Gasteiger partial charge in [0.1, 0.15) is 18.3 Å². The first-order chi connectivity index (χ1) is 19.1. The molecule has 0 spiro atoms. The molecule has 0 radical (unpaired) electrons. The predicted molar refractivity (Wildman–Crippen MR) is 158 cm³/mol. The Balaban J connectivity index is 2.06. The number of hydrogen-bond acceptors (Lipinski definition) is 5. The van der Waals surface area contributed by atoms with Crippen molar-refractivity contribution in [2.24, 2.45) is 0 Å². The predicted octanol–water partition coefficient (Wildman–Crippen LogP) is 4.84. The normalized spacial score (nSPS) is 11.9. The van der Waals surface area contributed by atoms with Crippen LogP contribution in [0, 0.1) is 13.8 Å². The number of benzene rings is 3. The number of aryl methyl sites for hydroxylation is 2. The van der Waals surface area contributed by atoms with E-state index in [0.717, 1.165) is 27.4 Å². The standard InChI is InChI=1S/C31H39N3O5S/c1-6-20-32-31(36)29(7-2)33(21-25-11-9-8-10-24(25)4)30(35)22-34(26-14-16-27(39-5)17-15-26)40(37,38)28-18-12-23(3)13-19-28/h8-19,29H,6-7,20-22H2,1-5H3,(H,32,36)/t29-/m0/s1. The minimum atomic E-state index is -4.12. The summed E-state index contributed by atoms with van der Waals surface area (Å²) in [5.74, 6) is -0.181. The average Bonchev–Trinajstić information content (AvgIpc) is 2.95. The Morgan fingerprint density at radius 1 is 0.925 bits per heavy atom. The molecule has 3 rings (SSSR count). The van der Waals surface area contributed by atoms with Crippen molar-refractivity contribution in [2.75, 3.05) is 24.5 Å². The highest BCUT2D eigenvalue weighted by atomic mass is 32.2. The molecule has 0 saturated carbocycles. The van der Waals surface area contributed by atoms with Gasteiger partial charge in [-0.15, -0.1) is 0 Å². The number of amides is 2. The Kier molecular flexibility index (Phi) is 10.7. The van der Waals surface area contributed by atoms with Crippen LogP contribution in [0.2, 0.25) is 0 Å². The number of carbonyl (C=O) groups excluding carboxylic acids is 2. The van der Waals surface area contributed by atoms with Gasteiger partial charge in [-0.2, -0.15) is 0 Å². The van der Waals surface area contributed by atoms with Crippen LogP contribution in [0.1, 0.15) is 43.4 Å². The molecule has 0 aromatic heterocycles. The van der Waals surface area contributed by atoms with Crippen LogP contribution in [0.25, 0.3) is 0 Å². The number of rotatable bonds is 13.